The van der Waals surface area contributed by atoms with Crippen LogP contribution in [0.4, 0.5) is 14.5 Å². The predicted octanol–water partition coefficient (Wildman–Crippen LogP) is 2.15. The van der Waals surface area contributed by atoms with E-state index in [9.17, 15) is 18.4 Å². The second kappa shape index (κ2) is 5.79. The minimum absolute atomic E-state index is 0.0809. The Balaban J connectivity index is 2.40. The molecule has 0 radical (unpaired) electrons. The topological polar surface area (TPSA) is 49.4 Å². The molecule has 0 aliphatic carbocycles. The van der Waals surface area contributed by atoms with Crippen molar-refractivity contribution in [1.29, 1.82) is 0 Å². The van der Waals surface area contributed by atoms with E-state index in [0.29, 0.717) is 6.42 Å². The zero-order valence-corrected chi connectivity index (χ0v) is 12.2. The van der Waals surface area contributed by atoms with Crippen LogP contribution in [0.15, 0.2) is 12.1 Å². The summed E-state index contributed by atoms with van der Waals surface area (Å²) in [4.78, 5) is 25.2. The van der Waals surface area contributed by atoms with Crippen molar-refractivity contribution in [3.8, 4) is 0 Å². The number of piperazine rings is 1. The smallest absolute Gasteiger partial charge is 0.250 e. The number of hydrogen-bond donors (Lipinski definition) is 1. The molecule has 6 heteroatoms. The van der Waals surface area contributed by atoms with Crippen LogP contribution in [-0.2, 0) is 9.59 Å². The molecule has 2 unspecified atom stereocenters. The summed E-state index contributed by atoms with van der Waals surface area (Å²) in [5.74, 6) is -2.18. The van der Waals surface area contributed by atoms with Crippen LogP contribution in [0.1, 0.15) is 25.8 Å². The quantitative estimate of drug-likeness (QED) is 0.929. The van der Waals surface area contributed by atoms with Crippen molar-refractivity contribution in [3.63, 3.8) is 0 Å². The molecule has 1 aromatic rings. The SMILES string of the molecule is CCC(C)C1NC(=O)CN(c2cc(F)c(C)cc2F)C1=O. The first-order valence-corrected chi connectivity index (χ1v) is 6.91. The third-order valence-corrected chi connectivity index (χ3v) is 3.88. The normalized spacial score (nSPS) is 20.4. The molecule has 1 aromatic carbocycles. The van der Waals surface area contributed by atoms with Gasteiger partial charge in [-0.15, -0.1) is 0 Å². The van der Waals surface area contributed by atoms with E-state index in [0.717, 1.165) is 17.0 Å². The summed E-state index contributed by atoms with van der Waals surface area (Å²) in [6, 6.07) is 1.29. The number of amides is 2. The van der Waals surface area contributed by atoms with Gasteiger partial charge in [0.05, 0.1) is 5.69 Å². The van der Waals surface area contributed by atoms with Crippen LogP contribution >= 0.6 is 0 Å². The van der Waals surface area contributed by atoms with Crippen LogP contribution in [0.25, 0.3) is 0 Å². The number of hydrogen-bond acceptors (Lipinski definition) is 2. The summed E-state index contributed by atoms with van der Waals surface area (Å²) >= 11 is 0. The highest BCUT2D eigenvalue weighted by Gasteiger charge is 2.37. The third-order valence-electron chi connectivity index (χ3n) is 3.88. The Morgan fingerprint density at radius 1 is 1.33 bits per heavy atom. The molecule has 0 bridgehead atoms. The van der Waals surface area contributed by atoms with Crippen LogP contribution in [0, 0.1) is 24.5 Å². The van der Waals surface area contributed by atoms with Crippen molar-refractivity contribution >= 4 is 17.5 Å². The first kappa shape index (κ1) is 15.4. The second-order valence-electron chi connectivity index (χ2n) is 5.41. The minimum atomic E-state index is -0.708. The van der Waals surface area contributed by atoms with E-state index < -0.39 is 23.6 Å². The molecular weight excluding hydrogens is 278 g/mol. The number of anilines is 1. The summed E-state index contributed by atoms with van der Waals surface area (Å²) < 4.78 is 27.7. The zero-order chi connectivity index (χ0) is 15.7. The second-order valence-corrected chi connectivity index (χ2v) is 5.41. The van der Waals surface area contributed by atoms with E-state index >= 15 is 0 Å². The monoisotopic (exact) mass is 296 g/mol. The van der Waals surface area contributed by atoms with Gasteiger partial charge in [0.1, 0.15) is 24.2 Å². The lowest BCUT2D eigenvalue weighted by Gasteiger charge is -2.35. The Kier molecular flexibility index (Phi) is 4.25. The maximum atomic E-state index is 14.0. The van der Waals surface area contributed by atoms with Crippen molar-refractivity contribution in [2.45, 2.75) is 33.2 Å². The first-order chi connectivity index (χ1) is 9.85. The molecule has 1 aliphatic rings. The number of rotatable bonds is 3. The lowest BCUT2D eigenvalue weighted by molar-refractivity contribution is -0.132. The average Bonchev–Trinajstić information content (AvgIpc) is 2.44. The largest absolute Gasteiger partial charge is 0.342 e. The molecule has 4 nitrogen and oxygen atoms in total. The zero-order valence-electron chi connectivity index (χ0n) is 12.2. The lowest BCUT2D eigenvalue weighted by Crippen LogP contribution is -2.60. The summed E-state index contributed by atoms with van der Waals surface area (Å²) in [7, 11) is 0. The number of benzene rings is 1. The number of carbonyl (C=O) groups is 2. The molecule has 1 heterocycles. The Morgan fingerprint density at radius 2 is 2.00 bits per heavy atom. The van der Waals surface area contributed by atoms with Gasteiger partial charge in [-0.1, -0.05) is 20.3 Å². The highest BCUT2D eigenvalue weighted by atomic mass is 19.1. The molecular formula is C15H18F2N2O2. The maximum Gasteiger partial charge on any atom is 0.250 e. The summed E-state index contributed by atoms with van der Waals surface area (Å²) in [6.45, 7) is 4.87. The van der Waals surface area contributed by atoms with Gasteiger partial charge in [0, 0.05) is 6.07 Å². The van der Waals surface area contributed by atoms with E-state index in [2.05, 4.69) is 5.32 Å². The number of nitrogens with zero attached hydrogens (tertiary/aromatic N) is 1. The van der Waals surface area contributed by atoms with Gasteiger partial charge in [0.2, 0.25) is 11.8 Å². The fourth-order valence-corrected chi connectivity index (χ4v) is 2.34. The molecule has 2 atom stereocenters. The first-order valence-electron chi connectivity index (χ1n) is 6.91. The van der Waals surface area contributed by atoms with Gasteiger partial charge >= 0.3 is 0 Å². The standard InChI is InChI=1S/C15H18F2N2O2/c1-4-8(2)14-15(21)19(7-13(20)18-14)12-6-10(16)9(3)5-11(12)17/h5-6,8,14H,4,7H2,1-3H3,(H,18,20). The minimum Gasteiger partial charge on any atom is -0.342 e. The van der Waals surface area contributed by atoms with Gasteiger partial charge in [0.25, 0.3) is 0 Å². The van der Waals surface area contributed by atoms with E-state index in [1.54, 1.807) is 0 Å². The van der Waals surface area contributed by atoms with Crippen molar-refractivity contribution in [3.05, 3.63) is 29.3 Å². The van der Waals surface area contributed by atoms with E-state index in [-0.39, 0.29) is 29.6 Å². The molecule has 1 fully saturated rings. The highest BCUT2D eigenvalue weighted by Crippen LogP contribution is 2.26. The van der Waals surface area contributed by atoms with Crippen molar-refractivity contribution < 1.29 is 18.4 Å². The summed E-state index contributed by atoms with van der Waals surface area (Å²) in [5.41, 5.74) is -0.0325. The van der Waals surface area contributed by atoms with Crippen LogP contribution in [0.5, 0.6) is 0 Å². The lowest BCUT2D eigenvalue weighted by atomic mass is 9.96. The van der Waals surface area contributed by atoms with Gasteiger partial charge < -0.3 is 5.32 Å². The Bertz CT molecular complexity index is 589. The molecule has 2 rings (SSSR count). The van der Waals surface area contributed by atoms with Crippen molar-refractivity contribution in [2.24, 2.45) is 5.92 Å². The van der Waals surface area contributed by atoms with Gasteiger partial charge in [-0.25, -0.2) is 8.78 Å². The summed E-state index contributed by atoms with van der Waals surface area (Å²) in [5, 5.41) is 2.62. The Labute approximate surface area is 122 Å². The van der Waals surface area contributed by atoms with E-state index in [4.69, 9.17) is 0 Å². The Hall–Kier alpha value is -1.98. The number of halogens is 2. The average molecular weight is 296 g/mol. The van der Waals surface area contributed by atoms with Crippen LogP contribution < -0.4 is 10.2 Å². The fraction of sp³-hybridized carbons (Fsp3) is 0.467. The van der Waals surface area contributed by atoms with E-state index in [1.165, 1.54) is 6.92 Å². The number of nitrogens with one attached hydrogen (secondary N) is 1. The van der Waals surface area contributed by atoms with Crippen molar-refractivity contribution in [1.82, 2.24) is 5.32 Å². The Morgan fingerprint density at radius 3 is 2.62 bits per heavy atom. The third kappa shape index (κ3) is 2.89. The van der Waals surface area contributed by atoms with Gasteiger partial charge in [-0.05, 0) is 24.5 Å². The van der Waals surface area contributed by atoms with Crippen LogP contribution in [0.3, 0.4) is 0 Å². The molecule has 0 aromatic heterocycles. The molecule has 0 saturated carbocycles. The van der Waals surface area contributed by atoms with Gasteiger partial charge in [0.15, 0.2) is 0 Å². The van der Waals surface area contributed by atoms with Gasteiger partial charge in [-0.3, -0.25) is 14.5 Å². The predicted molar refractivity (Wildman–Crippen MR) is 74.8 cm³/mol. The van der Waals surface area contributed by atoms with Crippen molar-refractivity contribution in [2.75, 3.05) is 11.4 Å². The number of aryl methyl sites for hydroxylation is 1. The molecule has 1 N–H and O–H groups in total. The molecule has 1 aliphatic heterocycles. The highest BCUT2D eigenvalue weighted by molar-refractivity contribution is 6.06. The number of carbonyl (C=O) groups excluding carboxylic acids is 2. The molecule has 114 valence electrons. The maximum absolute atomic E-state index is 14.0. The van der Waals surface area contributed by atoms with Crippen LogP contribution in [0.2, 0.25) is 0 Å². The van der Waals surface area contributed by atoms with E-state index in [1.807, 2.05) is 13.8 Å². The fourth-order valence-electron chi connectivity index (χ4n) is 2.34. The van der Waals surface area contributed by atoms with Gasteiger partial charge in [-0.2, -0.15) is 0 Å². The molecule has 21 heavy (non-hydrogen) atoms. The molecule has 2 amide bonds. The summed E-state index contributed by atoms with van der Waals surface area (Å²) in [6.07, 6.45) is 0.690. The van der Waals surface area contributed by atoms with Crippen LogP contribution in [-0.4, -0.2) is 24.4 Å². The molecule has 1 saturated heterocycles. The molecule has 0 spiro atoms.